The fourth-order valence-corrected chi connectivity index (χ4v) is 4.34. The first kappa shape index (κ1) is 24.4. The normalized spacial score (nSPS) is 14.2. The van der Waals surface area contributed by atoms with Gasteiger partial charge in [-0.25, -0.2) is 9.69 Å². The Kier molecular flexibility index (Phi) is 6.44. The number of imide groups is 1. The van der Waals surface area contributed by atoms with Gasteiger partial charge < -0.3 is 15.2 Å². The minimum absolute atomic E-state index is 0.00655. The van der Waals surface area contributed by atoms with Crippen molar-refractivity contribution in [2.75, 3.05) is 11.9 Å². The van der Waals surface area contributed by atoms with Gasteiger partial charge in [0.25, 0.3) is 11.6 Å². The summed E-state index contributed by atoms with van der Waals surface area (Å²) in [5.74, 6) is -1.10. The number of non-ortho nitro benzene ring substituents is 1. The predicted octanol–water partition coefficient (Wildman–Crippen LogP) is 4.44. The number of hydrogen-bond acceptors (Lipinski definition) is 5. The molecule has 4 aromatic rings. The lowest BCUT2D eigenvalue weighted by Gasteiger charge is -2.12. The lowest BCUT2D eigenvalue weighted by Crippen LogP contribution is -2.38. The summed E-state index contributed by atoms with van der Waals surface area (Å²) in [7, 11) is 0. The van der Waals surface area contributed by atoms with Gasteiger partial charge in [0.05, 0.1) is 4.92 Å². The van der Waals surface area contributed by atoms with Crippen molar-refractivity contribution in [3.63, 3.8) is 0 Å². The molecule has 1 aliphatic heterocycles. The van der Waals surface area contributed by atoms with E-state index in [4.69, 9.17) is 0 Å². The molecule has 38 heavy (non-hydrogen) atoms. The van der Waals surface area contributed by atoms with E-state index in [0.717, 1.165) is 26.9 Å². The van der Waals surface area contributed by atoms with Crippen molar-refractivity contribution >= 4 is 46.2 Å². The van der Waals surface area contributed by atoms with Crippen molar-refractivity contribution in [3.05, 3.63) is 111 Å². The van der Waals surface area contributed by atoms with E-state index in [0.29, 0.717) is 17.8 Å². The maximum Gasteiger partial charge on any atom is 0.329 e. The molecule has 10 nitrogen and oxygen atoms in total. The third-order valence-corrected chi connectivity index (χ3v) is 6.19. The molecule has 1 fully saturated rings. The van der Waals surface area contributed by atoms with E-state index in [1.54, 1.807) is 30.3 Å². The van der Waals surface area contributed by atoms with Gasteiger partial charge in [0.1, 0.15) is 12.2 Å². The van der Waals surface area contributed by atoms with Crippen LogP contribution in [0.25, 0.3) is 17.0 Å². The second kappa shape index (κ2) is 10.0. The van der Waals surface area contributed by atoms with Crippen LogP contribution in [0.2, 0.25) is 0 Å². The second-order valence-electron chi connectivity index (χ2n) is 8.95. The average Bonchev–Trinajstić information content (AvgIpc) is 3.37. The van der Waals surface area contributed by atoms with Crippen LogP contribution >= 0.6 is 0 Å². The first-order chi connectivity index (χ1) is 18.3. The zero-order valence-electron chi connectivity index (χ0n) is 20.4. The van der Waals surface area contributed by atoms with Crippen LogP contribution in [0.5, 0.6) is 0 Å². The third kappa shape index (κ3) is 5.00. The molecule has 0 saturated carbocycles. The number of urea groups is 1. The molecule has 5 rings (SSSR count). The number of rotatable bonds is 7. The van der Waals surface area contributed by atoms with Crippen molar-refractivity contribution in [1.29, 1.82) is 0 Å². The van der Waals surface area contributed by atoms with Crippen LogP contribution in [0, 0.1) is 17.0 Å². The number of anilines is 1. The molecule has 3 aromatic carbocycles. The quantitative estimate of drug-likeness (QED) is 0.165. The summed E-state index contributed by atoms with van der Waals surface area (Å²) in [5.41, 5.74) is 3.95. The van der Waals surface area contributed by atoms with Crippen LogP contribution < -0.4 is 10.6 Å². The smallest absolute Gasteiger partial charge is 0.329 e. The van der Waals surface area contributed by atoms with Crippen LogP contribution in [0.4, 0.5) is 16.2 Å². The maximum atomic E-state index is 13.0. The van der Waals surface area contributed by atoms with E-state index in [1.165, 1.54) is 12.1 Å². The predicted molar refractivity (Wildman–Crippen MR) is 142 cm³/mol. The number of aryl methyl sites for hydroxylation is 1. The fourth-order valence-electron chi connectivity index (χ4n) is 4.34. The van der Waals surface area contributed by atoms with E-state index >= 15 is 0 Å². The molecule has 0 bridgehead atoms. The third-order valence-electron chi connectivity index (χ3n) is 6.19. The SMILES string of the molecule is Cc1ccc(NC(=O)CN2C(=O)N/C(=C/c3cn(Cc4cccc([N+](=O)[O-])c4)c4ccccc34)C2=O)cc1. The molecule has 1 aromatic heterocycles. The highest BCUT2D eigenvalue weighted by Crippen LogP contribution is 2.26. The molecule has 0 atom stereocenters. The van der Waals surface area contributed by atoms with E-state index in [9.17, 15) is 24.5 Å². The number of benzene rings is 3. The van der Waals surface area contributed by atoms with Crippen molar-refractivity contribution in [3.8, 4) is 0 Å². The van der Waals surface area contributed by atoms with Crippen LogP contribution in [-0.2, 0) is 16.1 Å². The first-order valence-electron chi connectivity index (χ1n) is 11.8. The number of aromatic nitrogens is 1. The Morgan fingerprint density at radius 1 is 1.05 bits per heavy atom. The van der Waals surface area contributed by atoms with Crippen LogP contribution in [0.15, 0.2) is 84.7 Å². The Morgan fingerprint density at radius 3 is 2.58 bits per heavy atom. The lowest BCUT2D eigenvalue weighted by molar-refractivity contribution is -0.384. The van der Waals surface area contributed by atoms with Crippen molar-refractivity contribution in [2.45, 2.75) is 13.5 Å². The summed E-state index contributed by atoms with van der Waals surface area (Å²) in [6.07, 6.45) is 3.40. The zero-order valence-corrected chi connectivity index (χ0v) is 20.4. The summed E-state index contributed by atoms with van der Waals surface area (Å²) in [6, 6.07) is 20.4. The lowest BCUT2D eigenvalue weighted by atomic mass is 10.1. The highest BCUT2D eigenvalue weighted by atomic mass is 16.6. The minimum atomic E-state index is -0.680. The van der Waals surface area contributed by atoms with Gasteiger partial charge in [-0.2, -0.15) is 0 Å². The summed E-state index contributed by atoms with van der Waals surface area (Å²) in [4.78, 5) is 49.6. The summed E-state index contributed by atoms with van der Waals surface area (Å²) in [6.45, 7) is 1.87. The van der Waals surface area contributed by atoms with Gasteiger partial charge in [-0.15, -0.1) is 0 Å². The molecule has 1 saturated heterocycles. The monoisotopic (exact) mass is 509 g/mol. The van der Waals surface area contributed by atoms with Gasteiger partial charge in [0.2, 0.25) is 5.91 Å². The highest BCUT2D eigenvalue weighted by molar-refractivity contribution is 6.16. The number of fused-ring (bicyclic) bond motifs is 1. The Morgan fingerprint density at radius 2 is 1.82 bits per heavy atom. The second-order valence-corrected chi connectivity index (χ2v) is 8.95. The summed E-state index contributed by atoms with van der Waals surface area (Å²) in [5, 5.41) is 17.2. The molecule has 190 valence electrons. The Hall–Kier alpha value is -5.25. The minimum Gasteiger partial charge on any atom is -0.342 e. The van der Waals surface area contributed by atoms with Gasteiger partial charge in [-0.1, -0.05) is 48.0 Å². The van der Waals surface area contributed by atoms with Gasteiger partial charge in [0, 0.05) is 47.0 Å². The number of para-hydroxylation sites is 1. The molecule has 0 unspecified atom stereocenters. The maximum absolute atomic E-state index is 13.0. The Balaban J connectivity index is 1.37. The number of nitro groups is 1. The zero-order chi connectivity index (χ0) is 26.8. The molecule has 2 heterocycles. The molecule has 0 spiro atoms. The fraction of sp³-hybridized carbons (Fsp3) is 0.107. The molecule has 0 radical (unpaired) electrons. The number of nitrogens with one attached hydrogen (secondary N) is 2. The summed E-state index contributed by atoms with van der Waals surface area (Å²) < 4.78 is 1.93. The van der Waals surface area contributed by atoms with E-state index in [1.807, 2.05) is 54.1 Å². The molecular formula is C28H23N5O5. The number of nitro benzene ring substituents is 1. The van der Waals surface area contributed by atoms with E-state index in [-0.39, 0.29) is 11.4 Å². The molecule has 1 aliphatic rings. The van der Waals surface area contributed by atoms with Crippen LogP contribution in [0.3, 0.4) is 0 Å². The number of nitrogens with zero attached hydrogens (tertiary/aromatic N) is 3. The van der Waals surface area contributed by atoms with Gasteiger partial charge in [0.15, 0.2) is 0 Å². The van der Waals surface area contributed by atoms with Crippen molar-refractivity contribution < 1.29 is 19.3 Å². The number of carbonyl (C=O) groups is 3. The van der Waals surface area contributed by atoms with Crippen LogP contribution in [0.1, 0.15) is 16.7 Å². The topological polar surface area (TPSA) is 127 Å². The van der Waals surface area contributed by atoms with Crippen molar-refractivity contribution in [1.82, 2.24) is 14.8 Å². The molecule has 2 N–H and O–H groups in total. The van der Waals surface area contributed by atoms with E-state index < -0.39 is 29.3 Å². The molecule has 4 amide bonds. The van der Waals surface area contributed by atoms with E-state index in [2.05, 4.69) is 10.6 Å². The van der Waals surface area contributed by atoms with Gasteiger partial charge in [-0.3, -0.25) is 19.7 Å². The van der Waals surface area contributed by atoms with Crippen LogP contribution in [-0.4, -0.2) is 38.8 Å². The highest BCUT2D eigenvalue weighted by Gasteiger charge is 2.35. The summed E-state index contributed by atoms with van der Waals surface area (Å²) >= 11 is 0. The Bertz CT molecular complexity index is 1620. The largest absolute Gasteiger partial charge is 0.342 e. The standard InChI is InChI=1S/C28H23N5O5/c1-18-9-11-21(12-10-18)29-26(34)17-32-27(35)24(30-28(32)36)14-20-16-31(25-8-3-2-7-23(20)25)15-19-5-4-6-22(13-19)33(37)38/h2-14,16H,15,17H2,1H3,(H,29,34)(H,30,36)/b24-14+. The van der Waals surface area contributed by atoms with Gasteiger partial charge >= 0.3 is 6.03 Å². The van der Waals surface area contributed by atoms with Crippen molar-refractivity contribution in [2.24, 2.45) is 0 Å². The molecular weight excluding hydrogens is 486 g/mol. The Labute approximate surface area is 217 Å². The number of carbonyl (C=O) groups excluding carboxylic acids is 3. The number of hydrogen-bond donors (Lipinski definition) is 2. The van der Waals surface area contributed by atoms with Gasteiger partial charge in [-0.05, 0) is 36.8 Å². The number of amides is 4. The first-order valence-corrected chi connectivity index (χ1v) is 11.8. The molecule has 0 aliphatic carbocycles. The average molecular weight is 510 g/mol. The molecule has 10 heteroatoms.